The Morgan fingerprint density at radius 3 is 2.65 bits per heavy atom. The van der Waals surface area contributed by atoms with Crippen LogP contribution in [0.25, 0.3) is 0 Å². The second-order valence-corrected chi connectivity index (χ2v) is 5.09. The van der Waals surface area contributed by atoms with Crippen molar-refractivity contribution in [2.45, 2.75) is 38.1 Å². The van der Waals surface area contributed by atoms with E-state index in [0.717, 1.165) is 38.8 Å². The van der Waals surface area contributed by atoms with Crippen molar-refractivity contribution in [2.24, 2.45) is 11.8 Å². The van der Waals surface area contributed by atoms with E-state index in [-0.39, 0.29) is 24.3 Å². The number of carboxylic acid groups (broad SMARTS) is 1. The smallest absolute Gasteiger partial charge is 0.305 e. The molecule has 0 aromatic rings. The summed E-state index contributed by atoms with van der Waals surface area (Å²) in [5.74, 6) is -0.412. The normalized spacial score (nSPS) is 26.2. The highest BCUT2D eigenvalue weighted by molar-refractivity contribution is 5.80. The Hall–Kier alpha value is -1.10. The van der Waals surface area contributed by atoms with E-state index in [1.165, 1.54) is 0 Å². The van der Waals surface area contributed by atoms with Crippen LogP contribution < -0.4 is 10.6 Å². The van der Waals surface area contributed by atoms with Gasteiger partial charge < -0.3 is 15.7 Å². The van der Waals surface area contributed by atoms with Crippen LogP contribution in [0.3, 0.4) is 0 Å². The molecule has 0 aromatic carbocycles. The summed E-state index contributed by atoms with van der Waals surface area (Å²) in [5, 5.41) is 14.9. The molecule has 1 amide bonds. The SMILES string of the molecule is O=C(O)CC(NC(=O)[C@@H]1CCCNC1)C1CC1. The summed E-state index contributed by atoms with van der Waals surface area (Å²) in [6.45, 7) is 1.70. The van der Waals surface area contributed by atoms with Crippen LogP contribution in [0.15, 0.2) is 0 Å². The van der Waals surface area contributed by atoms with E-state index in [1.807, 2.05) is 0 Å². The minimum atomic E-state index is -0.830. The average molecular weight is 240 g/mol. The molecular formula is C12H20N2O3. The molecule has 5 nitrogen and oxygen atoms in total. The highest BCUT2D eigenvalue weighted by Crippen LogP contribution is 2.34. The third kappa shape index (κ3) is 3.70. The van der Waals surface area contributed by atoms with Gasteiger partial charge in [-0.05, 0) is 38.1 Å². The molecule has 0 bridgehead atoms. The monoisotopic (exact) mass is 240 g/mol. The van der Waals surface area contributed by atoms with Gasteiger partial charge in [-0.2, -0.15) is 0 Å². The summed E-state index contributed by atoms with van der Waals surface area (Å²) in [4.78, 5) is 22.7. The maximum absolute atomic E-state index is 12.0. The molecule has 1 unspecified atom stereocenters. The van der Waals surface area contributed by atoms with Crippen molar-refractivity contribution in [3.05, 3.63) is 0 Å². The second-order valence-electron chi connectivity index (χ2n) is 5.09. The number of hydrogen-bond donors (Lipinski definition) is 3. The van der Waals surface area contributed by atoms with E-state index in [2.05, 4.69) is 10.6 Å². The van der Waals surface area contributed by atoms with Crippen molar-refractivity contribution in [2.75, 3.05) is 13.1 Å². The Labute approximate surface area is 101 Å². The zero-order chi connectivity index (χ0) is 12.3. The van der Waals surface area contributed by atoms with Crippen molar-refractivity contribution in [3.63, 3.8) is 0 Å². The summed E-state index contributed by atoms with van der Waals surface area (Å²) in [5.41, 5.74) is 0. The number of carboxylic acids is 1. The van der Waals surface area contributed by atoms with Crippen LogP contribution in [0.2, 0.25) is 0 Å². The van der Waals surface area contributed by atoms with Gasteiger partial charge in [0.1, 0.15) is 0 Å². The first kappa shape index (κ1) is 12.4. The van der Waals surface area contributed by atoms with Gasteiger partial charge in [0.2, 0.25) is 5.91 Å². The summed E-state index contributed by atoms with van der Waals surface area (Å²) < 4.78 is 0. The standard InChI is InChI=1S/C12H20N2O3/c15-11(16)6-10(8-3-4-8)14-12(17)9-2-1-5-13-7-9/h8-10,13H,1-7H2,(H,14,17)(H,15,16)/t9-,10?/m1/s1. The van der Waals surface area contributed by atoms with Crippen molar-refractivity contribution in [1.29, 1.82) is 0 Å². The molecule has 2 aliphatic rings. The van der Waals surface area contributed by atoms with Crippen LogP contribution in [-0.4, -0.2) is 36.1 Å². The van der Waals surface area contributed by atoms with E-state index < -0.39 is 5.97 Å². The van der Waals surface area contributed by atoms with Crippen molar-refractivity contribution < 1.29 is 14.7 Å². The first-order valence-electron chi connectivity index (χ1n) is 6.39. The zero-order valence-electron chi connectivity index (χ0n) is 9.95. The molecule has 2 fully saturated rings. The second kappa shape index (κ2) is 5.49. The van der Waals surface area contributed by atoms with Crippen LogP contribution in [0.1, 0.15) is 32.1 Å². The van der Waals surface area contributed by atoms with E-state index in [4.69, 9.17) is 5.11 Å². The zero-order valence-corrected chi connectivity index (χ0v) is 9.95. The predicted molar refractivity (Wildman–Crippen MR) is 62.5 cm³/mol. The summed E-state index contributed by atoms with van der Waals surface area (Å²) in [6.07, 6.45) is 4.06. The molecule has 2 rings (SSSR count). The van der Waals surface area contributed by atoms with Gasteiger partial charge in [0.05, 0.1) is 12.3 Å². The predicted octanol–water partition coefficient (Wildman–Crippen LogP) is 0.355. The number of carbonyl (C=O) groups is 2. The molecule has 1 aliphatic carbocycles. The number of amides is 1. The van der Waals surface area contributed by atoms with Gasteiger partial charge in [0.25, 0.3) is 0 Å². The lowest BCUT2D eigenvalue weighted by Crippen LogP contribution is -2.45. The average Bonchev–Trinajstić information content (AvgIpc) is 3.12. The number of hydrogen-bond acceptors (Lipinski definition) is 3. The van der Waals surface area contributed by atoms with E-state index in [1.54, 1.807) is 0 Å². The first-order valence-corrected chi connectivity index (χ1v) is 6.39. The molecule has 0 aromatic heterocycles. The number of nitrogens with one attached hydrogen (secondary N) is 2. The van der Waals surface area contributed by atoms with E-state index >= 15 is 0 Å². The maximum atomic E-state index is 12.0. The Bertz CT molecular complexity index is 296. The largest absolute Gasteiger partial charge is 0.481 e. The van der Waals surface area contributed by atoms with Crippen LogP contribution in [0.5, 0.6) is 0 Å². The molecule has 0 radical (unpaired) electrons. The Morgan fingerprint density at radius 2 is 2.12 bits per heavy atom. The maximum Gasteiger partial charge on any atom is 0.305 e. The van der Waals surface area contributed by atoms with Crippen LogP contribution in [0.4, 0.5) is 0 Å². The third-order valence-electron chi connectivity index (χ3n) is 3.58. The van der Waals surface area contributed by atoms with Crippen molar-refractivity contribution in [1.82, 2.24) is 10.6 Å². The van der Waals surface area contributed by atoms with Crippen LogP contribution in [-0.2, 0) is 9.59 Å². The van der Waals surface area contributed by atoms with Gasteiger partial charge in [-0.25, -0.2) is 0 Å². The fourth-order valence-electron chi connectivity index (χ4n) is 2.40. The van der Waals surface area contributed by atoms with Gasteiger partial charge in [-0.3, -0.25) is 9.59 Å². The van der Waals surface area contributed by atoms with E-state index in [9.17, 15) is 9.59 Å². The molecule has 3 N–H and O–H groups in total. The van der Waals surface area contributed by atoms with Crippen molar-refractivity contribution >= 4 is 11.9 Å². The molecule has 1 saturated carbocycles. The van der Waals surface area contributed by atoms with Gasteiger partial charge in [-0.1, -0.05) is 0 Å². The molecular weight excluding hydrogens is 220 g/mol. The fraction of sp³-hybridized carbons (Fsp3) is 0.833. The van der Waals surface area contributed by atoms with Gasteiger partial charge in [0, 0.05) is 12.6 Å². The Kier molecular flexibility index (Phi) is 3.99. The lowest BCUT2D eigenvalue weighted by atomic mass is 9.97. The minimum Gasteiger partial charge on any atom is -0.481 e. The van der Waals surface area contributed by atoms with E-state index in [0.29, 0.717) is 5.92 Å². The Balaban J connectivity index is 1.83. The van der Waals surface area contributed by atoms with Gasteiger partial charge in [0.15, 0.2) is 0 Å². The quantitative estimate of drug-likeness (QED) is 0.648. The molecule has 1 saturated heterocycles. The fourth-order valence-corrected chi connectivity index (χ4v) is 2.40. The topological polar surface area (TPSA) is 78.4 Å². The molecule has 0 spiro atoms. The molecule has 96 valence electrons. The minimum absolute atomic E-state index is 0.0128. The highest BCUT2D eigenvalue weighted by Gasteiger charge is 2.35. The lowest BCUT2D eigenvalue weighted by Gasteiger charge is -2.25. The first-order chi connectivity index (χ1) is 8.16. The van der Waals surface area contributed by atoms with Crippen LogP contribution in [0, 0.1) is 11.8 Å². The number of piperidine rings is 1. The van der Waals surface area contributed by atoms with Gasteiger partial charge >= 0.3 is 5.97 Å². The third-order valence-corrected chi connectivity index (χ3v) is 3.58. The lowest BCUT2D eigenvalue weighted by molar-refractivity contribution is -0.138. The molecule has 17 heavy (non-hydrogen) atoms. The number of carbonyl (C=O) groups excluding carboxylic acids is 1. The highest BCUT2D eigenvalue weighted by atomic mass is 16.4. The van der Waals surface area contributed by atoms with Crippen molar-refractivity contribution in [3.8, 4) is 0 Å². The summed E-state index contributed by atoms with van der Waals surface area (Å²) in [7, 11) is 0. The molecule has 2 atom stereocenters. The Morgan fingerprint density at radius 1 is 1.35 bits per heavy atom. The summed E-state index contributed by atoms with van der Waals surface area (Å²) >= 11 is 0. The van der Waals surface area contributed by atoms with Gasteiger partial charge in [-0.15, -0.1) is 0 Å². The molecule has 1 aliphatic heterocycles. The summed E-state index contributed by atoms with van der Waals surface area (Å²) in [6, 6.07) is -0.165. The number of aliphatic carboxylic acids is 1. The molecule has 1 heterocycles. The number of rotatable bonds is 5. The van der Waals surface area contributed by atoms with Crippen LogP contribution >= 0.6 is 0 Å². The molecule has 5 heteroatoms.